The van der Waals surface area contributed by atoms with Crippen LogP contribution in [0.5, 0.6) is 0 Å². The Morgan fingerprint density at radius 2 is 1.69 bits per heavy atom. The molecule has 0 bridgehead atoms. The van der Waals surface area contributed by atoms with E-state index < -0.39 is 23.8 Å². The third-order valence-electron chi connectivity index (χ3n) is 5.82. The van der Waals surface area contributed by atoms with Crippen LogP contribution in [0.2, 0.25) is 0 Å². The fourth-order valence-electron chi connectivity index (χ4n) is 4.00. The molecule has 2 aliphatic rings. The zero-order chi connectivity index (χ0) is 20.5. The van der Waals surface area contributed by atoms with E-state index in [0.29, 0.717) is 36.5 Å². The van der Waals surface area contributed by atoms with Gasteiger partial charge in [-0.25, -0.2) is 13.2 Å². The summed E-state index contributed by atoms with van der Waals surface area (Å²) < 4.78 is 47.4. The summed E-state index contributed by atoms with van der Waals surface area (Å²) in [7, 11) is 0. The first kappa shape index (κ1) is 20.0. The largest absolute Gasteiger partial charge is 0.371 e. The smallest absolute Gasteiger partial charge is 0.223 e. The maximum atomic E-state index is 14.0. The summed E-state index contributed by atoms with van der Waals surface area (Å²) >= 11 is 0. The van der Waals surface area contributed by atoms with E-state index in [4.69, 9.17) is 4.74 Å². The number of rotatable bonds is 7. The van der Waals surface area contributed by atoms with Crippen molar-refractivity contribution in [3.8, 4) is 0 Å². The van der Waals surface area contributed by atoms with E-state index >= 15 is 0 Å². The molecule has 0 aromatic heterocycles. The van der Waals surface area contributed by atoms with Crippen molar-refractivity contribution in [3.05, 3.63) is 71.0 Å². The van der Waals surface area contributed by atoms with Gasteiger partial charge in [-0.15, -0.1) is 0 Å². The van der Waals surface area contributed by atoms with Gasteiger partial charge in [-0.05, 0) is 67.5 Å². The van der Waals surface area contributed by atoms with Gasteiger partial charge in [-0.1, -0.05) is 18.2 Å². The number of nitrogens with zero attached hydrogens (tertiary/aromatic N) is 1. The number of halogens is 3. The van der Waals surface area contributed by atoms with Crippen LogP contribution in [-0.2, 0) is 9.53 Å². The van der Waals surface area contributed by atoms with Gasteiger partial charge in [0.2, 0.25) is 5.91 Å². The second-order valence-corrected chi connectivity index (χ2v) is 8.06. The zero-order valence-corrected chi connectivity index (χ0v) is 16.3. The Morgan fingerprint density at radius 3 is 2.28 bits per heavy atom. The Kier molecular flexibility index (Phi) is 5.63. The molecule has 0 N–H and O–H groups in total. The standard InChI is InChI=1S/C23H24F3NO2/c1-14-2-11-21(28)27(14)22(16-5-8-18(24)9-6-16)23(29-13-15-3-4-15)17-7-10-19(25)20(26)12-17/h5-10,12,14-15,22-23H,2-4,11,13H2,1H3/t14?,22-,23+/m0/s1. The molecule has 1 amide bonds. The number of likely N-dealkylation sites (tertiary alicyclic amines) is 1. The molecule has 2 aromatic rings. The SMILES string of the molecule is CC1CCC(=O)N1[C@@H](c1ccc(F)cc1)[C@H](OCC1CC1)c1ccc(F)c(F)c1. The summed E-state index contributed by atoms with van der Waals surface area (Å²) in [6.07, 6.45) is 2.60. The molecule has 0 radical (unpaired) electrons. The van der Waals surface area contributed by atoms with Crippen molar-refractivity contribution in [3.63, 3.8) is 0 Å². The number of carbonyl (C=O) groups is 1. The normalized spacial score (nSPS) is 21.4. The summed E-state index contributed by atoms with van der Waals surface area (Å²) in [5.74, 6) is -1.84. The van der Waals surface area contributed by atoms with Gasteiger partial charge in [0, 0.05) is 12.5 Å². The highest BCUT2D eigenvalue weighted by molar-refractivity contribution is 5.79. The predicted molar refractivity (Wildman–Crippen MR) is 102 cm³/mol. The Bertz CT molecular complexity index is 882. The van der Waals surface area contributed by atoms with Crippen molar-refractivity contribution >= 4 is 5.91 Å². The molecule has 1 aliphatic carbocycles. The predicted octanol–water partition coefficient (Wildman–Crippen LogP) is 5.32. The fourth-order valence-corrected chi connectivity index (χ4v) is 4.00. The molecular formula is C23H24F3NO2. The molecule has 1 unspecified atom stereocenters. The van der Waals surface area contributed by atoms with E-state index in [1.807, 2.05) is 6.92 Å². The number of hydrogen-bond acceptors (Lipinski definition) is 2. The van der Waals surface area contributed by atoms with Crippen LogP contribution in [0.3, 0.4) is 0 Å². The summed E-state index contributed by atoms with van der Waals surface area (Å²) in [6.45, 7) is 2.45. The van der Waals surface area contributed by atoms with Gasteiger partial charge in [0.25, 0.3) is 0 Å². The lowest BCUT2D eigenvalue weighted by Crippen LogP contribution is -2.39. The first-order chi connectivity index (χ1) is 13.9. The molecule has 1 aliphatic heterocycles. The third-order valence-corrected chi connectivity index (χ3v) is 5.82. The lowest BCUT2D eigenvalue weighted by Gasteiger charge is -2.38. The van der Waals surface area contributed by atoms with E-state index in [1.165, 1.54) is 18.2 Å². The Hall–Kier alpha value is -2.34. The molecule has 1 saturated carbocycles. The number of amides is 1. The molecule has 29 heavy (non-hydrogen) atoms. The summed E-state index contributed by atoms with van der Waals surface area (Å²) in [5.41, 5.74) is 1.17. The minimum absolute atomic E-state index is 0.0190. The molecule has 3 nitrogen and oxygen atoms in total. The fraction of sp³-hybridized carbons (Fsp3) is 0.435. The van der Waals surface area contributed by atoms with Gasteiger partial charge in [0.15, 0.2) is 11.6 Å². The second kappa shape index (κ2) is 8.19. The van der Waals surface area contributed by atoms with E-state index in [9.17, 15) is 18.0 Å². The average molecular weight is 403 g/mol. The van der Waals surface area contributed by atoms with Crippen LogP contribution < -0.4 is 0 Å². The Labute approximate surface area is 168 Å². The molecule has 1 heterocycles. The van der Waals surface area contributed by atoms with Crippen LogP contribution in [0, 0.1) is 23.4 Å². The van der Waals surface area contributed by atoms with Gasteiger partial charge in [-0.3, -0.25) is 4.79 Å². The van der Waals surface area contributed by atoms with Crippen molar-refractivity contribution in [2.75, 3.05) is 6.61 Å². The molecule has 154 valence electrons. The Morgan fingerprint density at radius 1 is 1.00 bits per heavy atom. The minimum atomic E-state index is -0.957. The van der Waals surface area contributed by atoms with E-state index in [0.717, 1.165) is 25.0 Å². The average Bonchev–Trinajstić information content (AvgIpc) is 3.47. The van der Waals surface area contributed by atoms with Gasteiger partial charge >= 0.3 is 0 Å². The molecule has 2 aromatic carbocycles. The Balaban J connectivity index is 1.78. The van der Waals surface area contributed by atoms with Crippen molar-refractivity contribution in [1.29, 1.82) is 0 Å². The van der Waals surface area contributed by atoms with Crippen LogP contribution in [-0.4, -0.2) is 23.5 Å². The van der Waals surface area contributed by atoms with Crippen LogP contribution in [0.15, 0.2) is 42.5 Å². The van der Waals surface area contributed by atoms with Gasteiger partial charge in [0.05, 0.1) is 12.6 Å². The van der Waals surface area contributed by atoms with Gasteiger partial charge < -0.3 is 9.64 Å². The van der Waals surface area contributed by atoms with Crippen molar-refractivity contribution in [2.24, 2.45) is 5.92 Å². The van der Waals surface area contributed by atoms with Crippen LogP contribution in [0.1, 0.15) is 55.9 Å². The molecule has 0 spiro atoms. The van der Waals surface area contributed by atoms with Crippen LogP contribution in [0.4, 0.5) is 13.2 Å². The monoisotopic (exact) mass is 403 g/mol. The highest BCUT2D eigenvalue weighted by atomic mass is 19.2. The quantitative estimate of drug-likeness (QED) is 0.626. The highest BCUT2D eigenvalue weighted by Gasteiger charge is 2.40. The van der Waals surface area contributed by atoms with Crippen molar-refractivity contribution in [2.45, 2.75) is 50.8 Å². The summed E-state index contributed by atoms with van der Waals surface area (Å²) in [4.78, 5) is 14.5. The van der Waals surface area contributed by atoms with Gasteiger partial charge in [0.1, 0.15) is 11.9 Å². The van der Waals surface area contributed by atoms with Crippen molar-refractivity contribution in [1.82, 2.24) is 4.90 Å². The highest BCUT2D eigenvalue weighted by Crippen LogP contribution is 2.43. The molecule has 6 heteroatoms. The molecule has 3 atom stereocenters. The molecule has 1 saturated heterocycles. The summed E-state index contributed by atoms with van der Waals surface area (Å²) in [6, 6.07) is 9.07. The number of benzene rings is 2. The van der Waals surface area contributed by atoms with Crippen LogP contribution >= 0.6 is 0 Å². The first-order valence-corrected chi connectivity index (χ1v) is 10.1. The minimum Gasteiger partial charge on any atom is -0.371 e. The number of ether oxygens (including phenoxy) is 1. The molecule has 2 fully saturated rings. The number of hydrogen-bond donors (Lipinski definition) is 0. The topological polar surface area (TPSA) is 29.5 Å². The molecular weight excluding hydrogens is 379 g/mol. The number of carbonyl (C=O) groups excluding carboxylic acids is 1. The zero-order valence-electron chi connectivity index (χ0n) is 16.3. The maximum Gasteiger partial charge on any atom is 0.223 e. The van der Waals surface area contributed by atoms with Gasteiger partial charge in [-0.2, -0.15) is 0 Å². The summed E-state index contributed by atoms with van der Waals surface area (Å²) in [5, 5.41) is 0. The van der Waals surface area contributed by atoms with E-state index in [-0.39, 0.29) is 17.8 Å². The lowest BCUT2D eigenvalue weighted by atomic mass is 9.93. The molecule has 4 rings (SSSR count). The third kappa shape index (κ3) is 4.32. The second-order valence-electron chi connectivity index (χ2n) is 8.06. The first-order valence-electron chi connectivity index (χ1n) is 10.1. The van der Waals surface area contributed by atoms with Crippen molar-refractivity contribution < 1.29 is 22.7 Å². The maximum absolute atomic E-state index is 14.0. The van der Waals surface area contributed by atoms with E-state index in [2.05, 4.69) is 0 Å². The van der Waals surface area contributed by atoms with Crippen LogP contribution in [0.25, 0.3) is 0 Å². The van der Waals surface area contributed by atoms with E-state index in [1.54, 1.807) is 17.0 Å². The lowest BCUT2D eigenvalue weighted by molar-refractivity contribution is -0.135.